The van der Waals surface area contributed by atoms with E-state index >= 15 is 0 Å². The zero-order chi connectivity index (χ0) is 17.9. The fourth-order valence-corrected chi connectivity index (χ4v) is 3.34. The molecule has 0 unspecified atom stereocenters. The lowest BCUT2D eigenvalue weighted by Crippen LogP contribution is -2.14. The minimum atomic E-state index is -3.70. The standard InChI is InChI=1S/C17H15ClN4O2S/c1-12-3-2-4-15(11-12)25(23,24)22-17-10-9-16(20-21-17)19-14-7-5-13(18)6-8-14/h2-11H,1H3,(H,19,20)(H,21,22). The summed E-state index contributed by atoms with van der Waals surface area (Å²) in [5, 5.41) is 11.6. The Balaban J connectivity index is 1.73. The zero-order valence-electron chi connectivity index (χ0n) is 13.3. The molecule has 0 fully saturated rings. The second-order valence-corrected chi connectivity index (χ2v) is 7.48. The minimum Gasteiger partial charge on any atom is -0.339 e. The van der Waals surface area contributed by atoms with Gasteiger partial charge in [0.1, 0.15) is 0 Å². The Morgan fingerprint density at radius 2 is 1.60 bits per heavy atom. The van der Waals surface area contributed by atoms with Crippen LogP contribution in [0.1, 0.15) is 5.56 Å². The van der Waals surface area contributed by atoms with Crippen molar-refractivity contribution in [2.45, 2.75) is 11.8 Å². The number of rotatable bonds is 5. The summed E-state index contributed by atoms with van der Waals surface area (Å²) in [7, 11) is -3.70. The summed E-state index contributed by atoms with van der Waals surface area (Å²) in [6, 6.07) is 16.9. The molecule has 0 radical (unpaired) electrons. The lowest BCUT2D eigenvalue weighted by molar-refractivity contribution is 0.601. The maximum Gasteiger partial charge on any atom is 0.263 e. The molecule has 25 heavy (non-hydrogen) atoms. The SMILES string of the molecule is Cc1cccc(S(=O)(=O)Nc2ccc(Nc3ccc(Cl)cc3)nn2)c1. The van der Waals surface area contributed by atoms with Crippen LogP contribution < -0.4 is 10.0 Å². The van der Waals surface area contributed by atoms with Crippen molar-refractivity contribution in [2.75, 3.05) is 10.0 Å². The Kier molecular flexibility index (Phi) is 4.87. The maximum atomic E-state index is 12.4. The molecule has 8 heteroatoms. The van der Waals surface area contributed by atoms with E-state index in [1.165, 1.54) is 6.07 Å². The van der Waals surface area contributed by atoms with Crippen LogP contribution in [0.3, 0.4) is 0 Å². The van der Waals surface area contributed by atoms with Gasteiger partial charge in [0.15, 0.2) is 11.6 Å². The fraction of sp³-hybridized carbons (Fsp3) is 0.0588. The summed E-state index contributed by atoms with van der Waals surface area (Å²) in [4.78, 5) is 0.178. The monoisotopic (exact) mass is 374 g/mol. The summed E-state index contributed by atoms with van der Waals surface area (Å²) in [6.45, 7) is 1.83. The Bertz CT molecular complexity index is 974. The number of aryl methyl sites for hydroxylation is 1. The second-order valence-electron chi connectivity index (χ2n) is 5.36. The highest BCUT2D eigenvalue weighted by atomic mass is 35.5. The maximum absolute atomic E-state index is 12.4. The van der Waals surface area contributed by atoms with Gasteiger partial charge in [0, 0.05) is 10.7 Å². The summed E-state index contributed by atoms with van der Waals surface area (Å²) in [6.07, 6.45) is 0. The van der Waals surface area contributed by atoms with Crippen molar-refractivity contribution in [3.05, 3.63) is 71.2 Å². The first kappa shape index (κ1) is 17.2. The molecule has 0 amide bonds. The van der Waals surface area contributed by atoms with E-state index in [1.54, 1.807) is 48.5 Å². The predicted molar refractivity (Wildman–Crippen MR) is 98.8 cm³/mol. The van der Waals surface area contributed by atoms with Crippen LogP contribution >= 0.6 is 11.6 Å². The van der Waals surface area contributed by atoms with E-state index in [-0.39, 0.29) is 10.7 Å². The van der Waals surface area contributed by atoms with Crippen LogP contribution in [-0.2, 0) is 10.0 Å². The van der Waals surface area contributed by atoms with E-state index < -0.39 is 10.0 Å². The van der Waals surface area contributed by atoms with Gasteiger partial charge in [0.25, 0.3) is 10.0 Å². The molecule has 3 rings (SSSR count). The van der Waals surface area contributed by atoms with Crippen LogP contribution in [0.2, 0.25) is 5.02 Å². The van der Waals surface area contributed by atoms with Gasteiger partial charge in [-0.3, -0.25) is 4.72 Å². The fourth-order valence-electron chi connectivity index (χ4n) is 2.11. The van der Waals surface area contributed by atoms with E-state index in [0.29, 0.717) is 10.8 Å². The molecule has 128 valence electrons. The highest BCUT2D eigenvalue weighted by Gasteiger charge is 2.15. The second kappa shape index (κ2) is 7.08. The van der Waals surface area contributed by atoms with Gasteiger partial charge in [0.2, 0.25) is 0 Å². The average Bonchev–Trinajstić information content (AvgIpc) is 2.58. The van der Waals surface area contributed by atoms with Crippen LogP contribution in [0.5, 0.6) is 0 Å². The van der Waals surface area contributed by atoms with Crippen molar-refractivity contribution in [1.29, 1.82) is 0 Å². The van der Waals surface area contributed by atoms with Crippen molar-refractivity contribution in [2.24, 2.45) is 0 Å². The molecule has 0 saturated carbocycles. The number of hydrogen-bond donors (Lipinski definition) is 2. The lowest BCUT2D eigenvalue weighted by Gasteiger charge is -2.09. The van der Waals surface area contributed by atoms with Gasteiger partial charge in [0.05, 0.1) is 4.90 Å². The normalized spacial score (nSPS) is 11.1. The molecular weight excluding hydrogens is 360 g/mol. The molecule has 1 heterocycles. The molecule has 3 aromatic rings. The Morgan fingerprint density at radius 3 is 2.24 bits per heavy atom. The molecule has 0 aliphatic rings. The number of aromatic nitrogens is 2. The zero-order valence-corrected chi connectivity index (χ0v) is 14.8. The topological polar surface area (TPSA) is 84.0 Å². The Hall–Kier alpha value is -2.64. The molecule has 0 atom stereocenters. The molecule has 1 aromatic heterocycles. The molecule has 2 aromatic carbocycles. The van der Waals surface area contributed by atoms with Crippen molar-refractivity contribution in [3.63, 3.8) is 0 Å². The Morgan fingerprint density at radius 1 is 0.920 bits per heavy atom. The van der Waals surface area contributed by atoms with Crippen molar-refractivity contribution >= 4 is 38.9 Å². The van der Waals surface area contributed by atoms with Crippen LogP contribution in [-0.4, -0.2) is 18.6 Å². The van der Waals surface area contributed by atoms with Gasteiger partial charge in [-0.2, -0.15) is 0 Å². The highest BCUT2D eigenvalue weighted by Crippen LogP contribution is 2.19. The van der Waals surface area contributed by atoms with Crippen LogP contribution in [0.4, 0.5) is 17.3 Å². The van der Waals surface area contributed by atoms with Crippen molar-refractivity contribution in [3.8, 4) is 0 Å². The molecule has 0 aliphatic carbocycles. The highest BCUT2D eigenvalue weighted by molar-refractivity contribution is 7.92. The molecule has 6 nitrogen and oxygen atoms in total. The lowest BCUT2D eigenvalue weighted by atomic mass is 10.2. The number of anilines is 3. The summed E-state index contributed by atoms with van der Waals surface area (Å²) in [5.41, 5.74) is 1.66. The van der Waals surface area contributed by atoms with Gasteiger partial charge in [-0.05, 0) is 61.0 Å². The largest absolute Gasteiger partial charge is 0.339 e. The van der Waals surface area contributed by atoms with Crippen molar-refractivity contribution < 1.29 is 8.42 Å². The molecule has 0 bridgehead atoms. The van der Waals surface area contributed by atoms with E-state index in [4.69, 9.17) is 11.6 Å². The number of hydrogen-bond acceptors (Lipinski definition) is 5. The van der Waals surface area contributed by atoms with Crippen molar-refractivity contribution in [1.82, 2.24) is 10.2 Å². The number of nitrogens with one attached hydrogen (secondary N) is 2. The summed E-state index contributed by atoms with van der Waals surface area (Å²) in [5.74, 6) is 0.629. The number of sulfonamides is 1. The first-order valence-electron chi connectivity index (χ1n) is 7.38. The molecule has 2 N–H and O–H groups in total. The molecule has 0 aliphatic heterocycles. The third-order valence-electron chi connectivity index (χ3n) is 3.32. The van der Waals surface area contributed by atoms with Gasteiger partial charge >= 0.3 is 0 Å². The molecule has 0 saturated heterocycles. The first-order chi connectivity index (χ1) is 11.9. The van der Waals surface area contributed by atoms with E-state index in [0.717, 1.165) is 11.3 Å². The smallest absolute Gasteiger partial charge is 0.263 e. The predicted octanol–water partition coefficient (Wildman–Crippen LogP) is 3.98. The Labute approximate surface area is 150 Å². The van der Waals surface area contributed by atoms with Gasteiger partial charge in [-0.15, -0.1) is 10.2 Å². The van der Waals surface area contributed by atoms with Gasteiger partial charge in [-0.25, -0.2) is 8.42 Å². The van der Waals surface area contributed by atoms with E-state index in [1.807, 2.05) is 13.0 Å². The summed E-state index contributed by atoms with van der Waals surface area (Å²) < 4.78 is 27.1. The van der Waals surface area contributed by atoms with E-state index in [2.05, 4.69) is 20.2 Å². The van der Waals surface area contributed by atoms with Gasteiger partial charge in [-0.1, -0.05) is 23.7 Å². The van der Waals surface area contributed by atoms with Crippen LogP contribution in [0.15, 0.2) is 65.6 Å². The number of halogens is 1. The third kappa shape index (κ3) is 4.46. The van der Waals surface area contributed by atoms with Gasteiger partial charge < -0.3 is 5.32 Å². The average molecular weight is 375 g/mol. The summed E-state index contributed by atoms with van der Waals surface area (Å²) >= 11 is 5.84. The quantitative estimate of drug-likeness (QED) is 0.705. The minimum absolute atomic E-state index is 0.142. The molecular formula is C17H15ClN4O2S. The molecule has 0 spiro atoms. The number of benzene rings is 2. The van der Waals surface area contributed by atoms with E-state index in [9.17, 15) is 8.42 Å². The first-order valence-corrected chi connectivity index (χ1v) is 9.24. The third-order valence-corrected chi connectivity index (χ3v) is 4.92. The number of nitrogens with zero attached hydrogens (tertiary/aromatic N) is 2. The van der Waals surface area contributed by atoms with Crippen LogP contribution in [0.25, 0.3) is 0 Å². The van der Waals surface area contributed by atoms with Crippen LogP contribution in [0, 0.1) is 6.92 Å².